The second kappa shape index (κ2) is 6.10. The summed E-state index contributed by atoms with van der Waals surface area (Å²) < 4.78 is 5.08. The summed E-state index contributed by atoms with van der Waals surface area (Å²) >= 11 is 6.38. The molecule has 2 unspecified atom stereocenters. The Morgan fingerprint density at radius 3 is 2.82 bits per heavy atom. The van der Waals surface area contributed by atoms with Gasteiger partial charge in [0.25, 0.3) is 0 Å². The maximum atomic E-state index is 6.38. The largest absolute Gasteiger partial charge is 0.495 e. The van der Waals surface area contributed by atoms with E-state index >= 15 is 0 Å². The summed E-state index contributed by atoms with van der Waals surface area (Å²) in [6.45, 7) is 0. The van der Waals surface area contributed by atoms with Crippen LogP contribution in [0.2, 0.25) is 0 Å². The van der Waals surface area contributed by atoms with Crippen LogP contribution < -0.4 is 10.1 Å². The topological polar surface area (TPSA) is 34.1 Å². The Morgan fingerprint density at radius 1 is 1.29 bits per heavy atom. The summed E-state index contributed by atoms with van der Waals surface area (Å²) in [6, 6.07) is 4.18. The van der Waals surface area contributed by atoms with Gasteiger partial charge in [0.05, 0.1) is 18.7 Å². The third-order valence-electron chi connectivity index (χ3n) is 3.24. The van der Waals surface area contributed by atoms with Crippen LogP contribution in [0.1, 0.15) is 32.1 Å². The third-order valence-corrected chi connectivity index (χ3v) is 3.76. The van der Waals surface area contributed by atoms with E-state index in [0.29, 0.717) is 6.04 Å². The lowest BCUT2D eigenvalue weighted by Crippen LogP contribution is -2.29. The fourth-order valence-corrected chi connectivity index (χ4v) is 2.54. The minimum Gasteiger partial charge on any atom is -0.495 e. The van der Waals surface area contributed by atoms with Gasteiger partial charge in [-0.05, 0) is 25.0 Å². The highest BCUT2D eigenvalue weighted by Crippen LogP contribution is 2.25. The fourth-order valence-electron chi connectivity index (χ4n) is 2.20. The first-order chi connectivity index (χ1) is 8.29. The number of alkyl halides is 1. The van der Waals surface area contributed by atoms with Gasteiger partial charge in [-0.2, -0.15) is 0 Å². The van der Waals surface area contributed by atoms with Crippen molar-refractivity contribution in [1.82, 2.24) is 4.98 Å². The molecule has 1 aromatic heterocycles. The van der Waals surface area contributed by atoms with E-state index in [9.17, 15) is 0 Å². The predicted octanol–water partition coefficient (Wildman–Crippen LogP) is 3.44. The number of halogens is 1. The minimum atomic E-state index is 0.210. The van der Waals surface area contributed by atoms with Crippen molar-refractivity contribution in [3.05, 3.63) is 18.3 Å². The lowest BCUT2D eigenvalue weighted by atomic mass is 10.1. The van der Waals surface area contributed by atoms with Crippen LogP contribution in [0.4, 0.5) is 5.82 Å². The molecule has 1 N–H and O–H groups in total. The van der Waals surface area contributed by atoms with Crippen molar-refractivity contribution in [2.24, 2.45) is 0 Å². The monoisotopic (exact) mass is 254 g/mol. The Bertz CT molecular complexity index is 342. The van der Waals surface area contributed by atoms with Crippen molar-refractivity contribution in [3.8, 4) is 5.75 Å². The first kappa shape index (κ1) is 12.5. The molecule has 0 bridgehead atoms. The molecule has 94 valence electrons. The van der Waals surface area contributed by atoms with E-state index in [0.717, 1.165) is 24.4 Å². The minimum absolute atomic E-state index is 0.210. The normalized spacial score (nSPS) is 25.1. The van der Waals surface area contributed by atoms with Gasteiger partial charge in [0.2, 0.25) is 0 Å². The number of rotatable bonds is 3. The second-order valence-electron chi connectivity index (χ2n) is 4.49. The molecule has 2 atom stereocenters. The molecule has 1 aromatic rings. The molecule has 0 saturated heterocycles. The average Bonchev–Trinajstić information content (AvgIpc) is 2.56. The number of hydrogen-bond donors (Lipinski definition) is 1. The molecule has 0 aliphatic heterocycles. The van der Waals surface area contributed by atoms with Gasteiger partial charge in [-0.3, -0.25) is 0 Å². The van der Waals surface area contributed by atoms with Crippen LogP contribution in [0.15, 0.2) is 18.3 Å². The van der Waals surface area contributed by atoms with Gasteiger partial charge < -0.3 is 10.1 Å². The Balaban J connectivity index is 1.98. The van der Waals surface area contributed by atoms with Gasteiger partial charge in [0.15, 0.2) is 0 Å². The zero-order valence-corrected chi connectivity index (χ0v) is 10.9. The number of ether oxygens (including phenoxy) is 1. The van der Waals surface area contributed by atoms with E-state index in [1.807, 2.05) is 12.1 Å². The molecule has 0 spiro atoms. The summed E-state index contributed by atoms with van der Waals surface area (Å²) in [4.78, 5) is 4.31. The van der Waals surface area contributed by atoms with E-state index in [4.69, 9.17) is 16.3 Å². The quantitative estimate of drug-likeness (QED) is 0.663. The lowest BCUT2D eigenvalue weighted by Gasteiger charge is -2.21. The Labute approximate surface area is 108 Å². The first-order valence-electron chi connectivity index (χ1n) is 6.20. The molecule has 1 saturated carbocycles. The van der Waals surface area contributed by atoms with Crippen molar-refractivity contribution in [3.63, 3.8) is 0 Å². The number of nitrogens with one attached hydrogen (secondary N) is 1. The van der Waals surface area contributed by atoms with Crippen LogP contribution in [0.5, 0.6) is 5.75 Å². The molecule has 0 aromatic carbocycles. The summed E-state index contributed by atoms with van der Waals surface area (Å²) in [5.41, 5.74) is 0. The van der Waals surface area contributed by atoms with Crippen molar-refractivity contribution in [2.45, 2.75) is 43.5 Å². The summed E-state index contributed by atoms with van der Waals surface area (Å²) in [5.74, 6) is 1.65. The molecule has 1 aliphatic carbocycles. The molecular weight excluding hydrogens is 236 g/mol. The van der Waals surface area contributed by atoms with Crippen LogP contribution in [0.3, 0.4) is 0 Å². The Hall–Kier alpha value is -0.960. The highest BCUT2D eigenvalue weighted by Gasteiger charge is 2.21. The molecule has 1 heterocycles. The molecule has 1 aliphatic rings. The van der Waals surface area contributed by atoms with Crippen LogP contribution in [-0.2, 0) is 0 Å². The van der Waals surface area contributed by atoms with E-state index in [-0.39, 0.29) is 5.38 Å². The van der Waals surface area contributed by atoms with Gasteiger partial charge in [0, 0.05) is 6.04 Å². The SMILES string of the molecule is COc1ccc(NC2CCCCCC2Cl)nc1. The van der Waals surface area contributed by atoms with Crippen molar-refractivity contribution in [2.75, 3.05) is 12.4 Å². The van der Waals surface area contributed by atoms with E-state index in [2.05, 4.69) is 10.3 Å². The van der Waals surface area contributed by atoms with Gasteiger partial charge in [0.1, 0.15) is 11.6 Å². The van der Waals surface area contributed by atoms with E-state index in [1.54, 1.807) is 13.3 Å². The maximum absolute atomic E-state index is 6.38. The summed E-state index contributed by atoms with van der Waals surface area (Å²) in [5, 5.41) is 3.63. The highest BCUT2D eigenvalue weighted by atomic mass is 35.5. The number of hydrogen-bond acceptors (Lipinski definition) is 3. The molecule has 4 heteroatoms. The van der Waals surface area contributed by atoms with Crippen LogP contribution >= 0.6 is 11.6 Å². The lowest BCUT2D eigenvalue weighted by molar-refractivity contribution is 0.413. The van der Waals surface area contributed by atoms with Crippen LogP contribution in [-0.4, -0.2) is 23.5 Å². The molecule has 17 heavy (non-hydrogen) atoms. The van der Waals surface area contributed by atoms with E-state index in [1.165, 1.54) is 19.3 Å². The fraction of sp³-hybridized carbons (Fsp3) is 0.615. The van der Waals surface area contributed by atoms with Gasteiger partial charge in [-0.25, -0.2) is 4.98 Å². The molecule has 2 rings (SSSR count). The van der Waals surface area contributed by atoms with Gasteiger partial charge in [-0.15, -0.1) is 11.6 Å². The van der Waals surface area contributed by atoms with Crippen LogP contribution in [0.25, 0.3) is 0 Å². The zero-order valence-electron chi connectivity index (χ0n) is 10.2. The predicted molar refractivity (Wildman–Crippen MR) is 70.9 cm³/mol. The third kappa shape index (κ3) is 3.50. The number of pyridine rings is 1. The number of anilines is 1. The number of aromatic nitrogens is 1. The highest BCUT2D eigenvalue weighted by molar-refractivity contribution is 6.21. The smallest absolute Gasteiger partial charge is 0.137 e. The van der Waals surface area contributed by atoms with Crippen LogP contribution in [0, 0.1) is 0 Å². The molecule has 3 nitrogen and oxygen atoms in total. The van der Waals surface area contributed by atoms with E-state index < -0.39 is 0 Å². The van der Waals surface area contributed by atoms with Crippen molar-refractivity contribution in [1.29, 1.82) is 0 Å². The molecule has 0 amide bonds. The van der Waals surface area contributed by atoms with Crippen molar-refractivity contribution < 1.29 is 4.74 Å². The average molecular weight is 255 g/mol. The van der Waals surface area contributed by atoms with Gasteiger partial charge >= 0.3 is 0 Å². The summed E-state index contributed by atoms with van der Waals surface area (Å²) in [6.07, 6.45) is 7.72. The Morgan fingerprint density at radius 2 is 2.12 bits per heavy atom. The zero-order chi connectivity index (χ0) is 12.1. The van der Waals surface area contributed by atoms with Gasteiger partial charge in [-0.1, -0.05) is 19.3 Å². The number of methoxy groups -OCH3 is 1. The second-order valence-corrected chi connectivity index (χ2v) is 5.05. The molecule has 1 fully saturated rings. The standard InChI is InChI=1S/C13H19ClN2O/c1-17-10-7-8-13(15-9-10)16-12-6-4-2-3-5-11(12)14/h7-9,11-12H,2-6H2,1H3,(H,15,16). The number of nitrogens with zero attached hydrogens (tertiary/aromatic N) is 1. The molecule has 0 radical (unpaired) electrons. The Kier molecular flexibility index (Phi) is 4.49. The maximum Gasteiger partial charge on any atom is 0.137 e. The first-order valence-corrected chi connectivity index (χ1v) is 6.64. The summed E-state index contributed by atoms with van der Waals surface area (Å²) in [7, 11) is 1.64. The molecular formula is C13H19ClN2O. The van der Waals surface area contributed by atoms with Crippen molar-refractivity contribution >= 4 is 17.4 Å².